The lowest BCUT2D eigenvalue weighted by Crippen LogP contribution is -1.96. The maximum Gasteiger partial charge on any atom is 0.194 e. The molecule has 5 heteroatoms. The number of hydrogen-bond donors (Lipinski definition) is 0. The Morgan fingerprint density at radius 1 is 1.33 bits per heavy atom. The quantitative estimate of drug-likeness (QED) is 0.689. The number of aryl methyl sites for hydroxylation is 1. The molecule has 0 amide bonds. The minimum absolute atomic E-state index is 0.599. The minimum Gasteiger partial charge on any atom is -0.497 e. The monoisotopic (exact) mass is 298 g/mol. The fraction of sp³-hybridized carbons (Fsp3) is 0.125. The first-order valence-corrected chi connectivity index (χ1v) is 7.34. The van der Waals surface area contributed by atoms with Gasteiger partial charge < -0.3 is 4.74 Å². The van der Waals surface area contributed by atoms with Gasteiger partial charge in [0.15, 0.2) is 11.4 Å². The highest BCUT2D eigenvalue weighted by Gasteiger charge is 2.10. The molecule has 0 spiro atoms. The second kappa shape index (κ2) is 5.54. The molecular formula is C16H14N2O2S. The van der Waals surface area contributed by atoms with Crippen LogP contribution < -0.4 is 4.74 Å². The molecule has 4 nitrogen and oxygen atoms in total. The van der Waals surface area contributed by atoms with Crippen molar-refractivity contribution in [1.82, 2.24) is 9.55 Å². The molecule has 0 aliphatic carbocycles. The van der Waals surface area contributed by atoms with Crippen LogP contribution in [0.25, 0.3) is 16.4 Å². The van der Waals surface area contributed by atoms with Gasteiger partial charge in [0.05, 0.1) is 18.5 Å². The Kier molecular flexibility index (Phi) is 3.58. The molecule has 3 rings (SSSR count). The standard InChI is InChI=1S/C16H14N2O2S/c1-11-8-13(20-2)5-6-14(11)15-10-21-16(17-15)18-7-3-4-12(18)9-19/h3-10H,1-2H3. The van der Waals surface area contributed by atoms with Crippen LogP contribution in [0.5, 0.6) is 5.75 Å². The predicted octanol–water partition coefficient (Wildman–Crippen LogP) is 3.73. The Hall–Kier alpha value is -2.40. The fourth-order valence-electron chi connectivity index (χ4n) is 2.21. The van der Waals surface area contributed by atoms with Gasteiger partial charge in [0, 0.05) is 17.1 Å². The summed E-state index contributed by atoms with van der Waals surface area (Å²) >= 11 is 1.51. The van der Waals surface area contributed by atoms with Gasteiger partial charge in [0.2, 0.25) is 0 Å². The molecule has 0 radical (unpaired) electrons. The van der Waals surface area contributed by atoms with Gasteiger partial charge in [-0.3, -0.25) is 9.36 Å². The zero-order chi connectivity index (χ0) is 14.8. The number of aromatic nitrogens is 2. The van der Waals surface area contributed by atoms with E-state index in [0.29, 0.717) is 5.69 Å². The molecule has 0 fully saturated rings. The van der Waals surface area contributed by atoms with Crippen LogP contribution >= 0.6 is 11.3 Å². The van der Waals surface area contributed by atoms with Gasteiger partial charge in [-0.25, -0.2) is 4.98 Å². The van der Waals surface area contributed by atoms with Crippen molar-refractivity contribution in [2.24, 2.45) is 0 Å². The summed E-state index contributed by atoms with van der Waals surface area (Å²) < 4.78 is 7.01. The zero-order valence-corrected chi connectivity index (χ0v) is 12.6. The van der Waals surface area contributed by atoms with Gasteiger partial charge in [-0.2, -0.15) is 0 Å². The van der Waals surface area contributed by atoms with Gasteiger partial charge in [-0.15, -0.1) is 11.3 Å². The van der Waals surface area contributed by atoms with E-state index in [1.54, 1.807) is 17.7 Å². The highest BCUT2D eigenvalue weighted by Crippen LogP contribution is 2.29. The highest BCUT2D eigenvalue weighted by molar-refractivity contribution is 7.12. The summed E-state index contributed by atoms with van der Waals surface area (Å²) in [6, 6.07) is 9.52. The van der Waals surface area contributed by atoms with Crippen molar-refractivity contribution >= 4 is 17.6 Å². The number of methoxy groups -OCH3 is 1. The molecule has 3 aromatic rings. The first kappa shape index (κ1) is 13.6. The van der Waals surface area contributed by atoms with Crippen LogP contribution in [0.3, 0.4) is 0 Å². The molecule has 2 aromatic heterocycles. The first-order chi connectivity index (χ1) is 10.2. The molecule has 0 aliphatic heterocycles. The Bertz CT molecular complexity index is 789. The lowest BCUT2D eigenvalue weighted by atomic mass is 10.1. The van der Waals surface area contributed by atoms with Crippen LogP contribution in [-0.2, 0) is 0 Å². The van der Waals surface area contributed by atoms with Gasteiger partial charge in [-0.1, -0.05) is 0 Å². The van der Waals surface area contributed by atoms with E-state index in [-0.39, 0.29) is 0 Å². The number of aldehydes is 1. The second-order valence-corrected chi connectivity index (χ2v) is 5.45. The number of rotatable bonds is 4. The summed E-state index contributed by atoms with van der Waals surface area (Å²) in [6.07, 6.45) is 2.67. The number of nitrogens with zero attached hydrogens (tertiary/aromatic N) is 2. The Labute approximate surface area is 126 Å². The van der Waals surface area contributed by atoms with Crippen molar-refractivity contribution in [3.8, 4) is 22.1 Å². The molecule has 0 bridgehead atoms. The molecule has 0 saturated carbocycles. The van der Waals surface area contributed by atoms with Crippen LogP contribution in [0, 0.1) is 6.92 Å². The van der Waals surface area contributed by atoms with E-state index in [1.165, 1.54) is 11.3 Å². The number of carbonyl (C=O) groups is 1. The van der Waals surface area contributed by atoms with Gasteiger partial charge in [0.25, 0.3) is 0 Å². The predicted molar refractivity (Wildman–Crippen MR) is 83.6 cm³/mol. The Morgan fingerprint density at radius 2 is 2.19 bits per heavy atom. The number of ether oxygens (including phenoxy) is 1. The average Bonchev–Trinajstić information content (AvgIpc) is 3.15. The smallest absolute Gasteiger partial charge is 0.194 e. The molecule has 0 unspecified atom stereocenters. The lowest BCUT2D eigenvalue weighted by molar-refractivity contribution is 0.111. The van der Waals surface area contributed by atoms with Crippen molar-refractivity contribution in [3.05, 3.63) is 53.2 Å². The molecule has 2 heterocycles. The van der Waals surface area contributed by atoms with Crippen molar-refractivity contribution in [3.63, 3.8) is 0 Å². The average molecular weight is 298 g/mol. The second-order valence-electron chi connectivity index (χ2n) is 4.62. The third kappa shape index (κ3) is 2.48. The highest BCUT2D eigenvalue weighted by atomic mass is 32.1. The van der Waals surface area contributed by atoms with E-state index < -0.39 is 0 Å². The summed E-state index contributed by atoms with van der Waals surface area (Å²) in [7, 11) is 1.66. The fourth-order valence-corrected chi connectivity index (χ4v) is 3.04. The van der Waals surface area contributed by atoms with E-state index in [4.69, 9.17) is 4.74 Å². The minimum atomic E-state index is 0.599. The first-order valence-electron chi connectivity index (χ1n) is 6.46. The number of thiazole rings is 1. The van der Waals surface area contributed by atoms with Crippen LogP contribution in [0.15, 0.2) is 41.9 Å². The van der Waals surface area contributed by atoms with Crippen LogP contribution in [0.2, 0.25) is 0 Å². The third-order valence-electron chi connectivity index (χ3n) is 3.31. The van der Waals surface area contributed by atoms with Crippen LogP contribution in [0.1, 0.15) is 16.1 Å². The molecule has 0 saturated heterocycles. The SMILES string of the molecule is COc1ccc(-c2csc(-n3cccc3C=O)n2)c(C)c1. The molecule has 21 heavy (non-hydrogen) atoms. The summed E-state index contributed by atoms with van der Waals surface area (Å²) in [6.45, 7) is 2.03. The Morgan fingerprint density at radius 3 is 2.90 bits per heavy atom. The van der Waals surface area contributed by atoms with Crippen molar-refractivity contribution in [2.45, 2.75) is 6.92 Å². The van der Waals surface area contributed by atoms with E-state index in [2.05, 4.69) is 4.98 Å². The van der Waals surface area contributed by atoms with Crippen LogP contribution in [-0.4, -0.2) is 22.9 Å². The number of benzene rings is 1. The maximum absolute atomic E-state index is 11.0. The third-order valence-corrected chi connectivity index (χ3v) is 4.15. The van der Waals surface area contributed by atoms with Crippen LogP contribution in [0.4, 0.5) is 0 Å². The van der Waals surface area contributed by atoms with E-state index in [1.807, 2.05) is 42.8 Å². The van der Waals surface area contributed by atoms with Crippen molar-refractivity contribution < 1.29 is 9.53 Å². The topological polar surface area (TPSA) is 44.1 Å². The number of hydrogen-bond acceptors (Lipinski definition) is 4. The molecule has 1 aromatic carbocycles. The summed E-state index contributed by atoms with van der Waals surface area (Å²) in [5.41, 5.74) is 3.68. The molecule has 0 atom stereocenters. The Balaban J connectivity index is 2.01. The summed E-state index contributed by atoms with van der Waals surface area (Å²) in [5, 5.41) is 2.78. The summed E-state index contributed by atoms with van der Waals surface area (Å²) in [5.74, 6) is 0.834. The van der Waals surface area contributed by atoms with E-state index in [9.17, 15) is 4.79 Å². The lowest BCUT2D eigenvalue weighted by Gasteiger charge is -2.05. The van der Waals surface area contributed by atoms with Gasteiger partial charge in [0.1, 0.15) is 5.75 Å². The largest absolute Gasteiger partial charge is 0.497 e. The summed E-state index contributed by atoms with van der Waals surface area (Å²) in [4.78, 5) is 15.6. The maximum atomic E-state index is 11.0. The normalized spacial score (nSPS) is 10.6. The number of carbonyl (C=O) groups excluding carboxylic acids is 1. The van der Waals surface area contributed by atoms with Gasteiger partial charge >= 0.3 is 0 Å². The van der Waals surface area contributed by atoms with Gasteiger partial charge in [-0.05, 0) is 42.8 Å². The molecule has 0 N–H and O–H groups in total. The molecular weight excluding hydrogens is 284 g/mol. The molecule has 106 valence electrons. The van der Waals surface area contributed by atoms with E-state index in [0.717, 1.165) is 34.0 Å². The molecule has 0 aliphatic rings. The zero-order valence-electron chi connectivity index (χ0n) is 11.7. The van der Waals surface area contributed by atoms with Crippen molar-refractivity contribution in [1.29, 1.82) is 0 Å². The van der Waals surface area contributed by atoms with E-state index >= 15 is 0 Å². The van der Waals surface area contributed by atoms with Crippen molar-refractivity contribution in [2.75, 3.05) is 7.11 Å².